The number of benzene rings is 1. The molecule has 1 aliphatic rings. The summed E-state index contributed by atoms with van der Waals surface area (Å²) in [7, 11) is 1.64. The van der Waals surface area contributed by atoms with Crippen molar-refractivity contribution in [2.45, 2.75) is 32.2 Å². The molecule has 1 aliphatic heterocycles. The highest BCUT2D eigenvalue weighted by molar-refractivity contribution is 6.32. The quantitative estimate of drug-likeness (QED) is 0.702. The van der Waals surface area contributed by atoms with E-state index in [0.717, 1.165) is 38.2 Å². The van der Waals surface area contributed by atoms with Gasteiger partial charge in [0.05, 0.1) is 17.8 Å². The predicted octanol–water partition coefficient (Wildman–Crippen LogP) is 3.47. The van der Waals surface area contributed by atoms with Gasteiger partial charge in [-0.05, 0) is 50.1 Å². The molecule has 1 atom stereocenters. The lowest BCUT2D eigenvalue weighted by atomic mass is 9.93. The average molecular weight is 372 g/mol. The minimum absolute atomic E-state index is 0.420. The third-order valence-corrected chi connectivity index (χ3v) is 5.25. The van der Waals surface area contributed by atoms with Gasteiger partial charge in [-0.2, -0.15) is 10.1 Å². The maximum atomic E-state index is 6.27. The largest absolute Gasteiger partial charge is 0.495 e. The van der Waals surface area contributed by atoms with E-state index in [-0.39, 0.29) is 0 Å². The molecule has 136 valence electrons. The standard InChI is InChI=1S/C19H22ClN5O/c1-13-8-17(25-19(23-13)21-12-22-25)15-4-3-7-24(11-15)10-14-5-6-18(26-2)16(20)9-14/h5-6,8-9,12,15H,3-4,7,10-11H2,1-2H3. The fourth-order valence-electron chi connectivity index (χ4n) is 3.76. The van der Waals surface area contributed by atoms with E-state index in [9.17, 15) is 0 Å². The van der Waals surface area contributed by atoms with Crippen molar-refractivity contribution in [2.75, 3.05) is 20.2 Å². The van der Waals surface area contributed by atoms with E-state index in [1.165, 1.54) is 11.3 Å². The topological polar surface area (TPSA) is 55.5 Å². The minimum Gasteiger partial charge on any atom is -0.495 e. The van der Waals surface area contributed by atoms with Gasteiger partial charge in [0.15, 0.2) is 0 Å². The number of ether oxygens (including phenoxy) is 1. The van der Waals surface area contributed by atoms with Crippen LogP contribution in [0, 0.1) is 6.92 Å². The molecule has 0 radical (unpaired) electrons. The molecule has 0 N–H and O–H groups in total. The van der Waals surface area contributed by atoms with Crippen molar-refractivity contribution in [2.24, 2.45) is 0 Å². The van der Waals surface area contributed by atoms with Crippen LogP contribution < -0.4 is 4.74 Å². The second kappa shape index (κ2) is 7.21. The van der Waals surface area contributed by atoms with Gasteiger partial charge in [-0.1, -0.05) is 17.7 Å². The maximum Gasteiger partial charge on any atom is 0.252 e. The molecule has 0 amide bonds. The number of rotatable bonds is 4. The molecule has 0 saturated carbocycles. The van der Waals surface area contributed by atoms with Crippen molar-refractivity contribution in [3.63, 3.8) is 0 Å². The molecule has 1 fully saturated rings. The van der Waals surface area contributed by atoms with Crippen molar-refractivity contribution < 1.29 is 4.74 Å². The van der Waals surface area contributed by atoms with Crippen LogP contribution in [0.3, 0.4) is 0 Å². The predicted molar refractivity (Wildman–Crippen MR) is 101 cm³/mol. The van der Waals surface area contributed by atoms with Gasteiger partial charge in [-0.3, -0.25) is 4.90 Å². The molecular weight excluding hydrogens is 350 g/mol. The Balaban J connectivity index is 1.54. The van der Waals surface area contributed by atoms with Gasteiger partial charge in [-0.15, -0.1) is 0 Å². The van der Waals surface area contributed by atoms with Crippen LogP contribution in [0.5, 0.6) is 5.75 Å². The van der Waals surface area contributed by atoms with Crippen LogP contribution in [0.4, 0.5) is 0 Å². The molecule has 26 heavy (non-hydrogen) atoms. The number of nitrogens with zero attached hydrogens (tertiary/aromatic N) is 5. The summed E-state index contributed by atoms with van der Waals surface area (Å²) in [6, 6.07) is 8.15. The van der Waals surface area contributed by atoms with E-state index in [1.54, 1.807) is 13.4 Å². The Bertz CT molecular complexity index is 925. The lowest BCUT2D eigenvalue weighted by Crippen LogP contribution is -2.34. The van der Waals surface area contributed by atoms with Crippen molar-refractivity contribution >= 4 is 17.4 Å². The summed E-state index contributed by atoms with van der Waals surface area (Å²) in [5.41, 5.74) is 3.38. The number of likely N-dealkylation sites (tertiary alicyclic amines) is 1. The Morgan fingerprint density at radius 3 is 3.00 bits per heavy atom. The van der Waals surface area contributed by atoms with Gasteiger partial charge >= 0.3 is 0 Å². The van der Waals surface area contributed by atoms with Gasteiger partial charge in [0.1, 0.15) is 12.1 Å². The van der Waals surface area contributed by atoms with Crippen LogP contribution in [0.2, 0.25) is 5.02 Å². The van der Waals surface area contributed by atoms with E-state index < -0.39 is 0 Å². The van der Waals surface area contributed by atoms with E-state index in [2.05, 4.69) is 32.1 Å². The zero-order valence-electron chi connectivity index (χ0n) is 15.0. The van der Waals surface area contributed by atoms with Gasteiger partial charge in [-0.25, -0.2) is 9.50 Å². The Hall–Kier alpha value is -2.18. The first-order chi connectivity index (χ1) is 12.6. The fourth-order valence-corrected chi connectivity index (χ4v) is 4.04. The van der Waals surface area contributed by atoms with Crippen LogP contribution in [-0.2, 0) is 6.54 Å². The summed E-state index contributed by atoms with van der Waals surface area (Å²) in [6.07, 6.45) is 3.88. The van der Waals surface area contributed by atoms with E-state index >= 15 is 0 Å². The zero-order valence-corrected chi connectivity index (χ0v) is 15.8. The molecule has 0 bridgehead atoms. The number of piperidine rings is 1. The number of fused-ring (bicyclic) bond motifs is 1. The third-order valence-electron chi connectivity index (χ3n) is 4.95. The first kappa shape index (κ1) is 17.2. The molecule has 1 aromatic carbocycles. The first-order valence-electron chi connectivity index (χ1n) is 8.86. The zero-order chi connectivity index (χ0) is 18.1. The monoisotopic (exact) mass is 371 g/mol. The van der Waals surface area contributed by atoms with Crippen molar-refractivity contribution in [3.8, 4) is 5.75 Å². The second-order valence-corrected chi connectivity index (χ2v) is 7.24. The second-order valence-electron chi connectivity index (χ2n) is 6.84. The van der Waals surface area contributed by atoms with E-state index in [1.807, 2.05) is 23.6 Å². The highest BCUT2D eigenvalue weighted by Gasteiger charge is 2.24. The third kappa shape index (κ3) is 3.39. The van der Waals surface area contributed by atoms with Crippen LogP contribution in [0.15, 0.2) is 30.6 Å². The highest BCUT2D eigenvalue weighted by Crippen LogP contribution is 2.30. The van der Waals surface area contributed by atoms with Crippen LogP contribution in [0.25, 0.3) is 5.78 Å². The average Bonchev–Trinajstić information content (AvgIpc) is 3.09. The lowest BCUT2D eigenvalue weighted by Gasteiger charge is -2.33. The maximum absolute atomic E-state index is 6.27. The van der Waals surface area contributed by atoms with Gasteiger partial charge in [0.2, 0.25) is 0 Å². The summed E-state index contributed by atoms with van der Waals surface area (Å²) in [6.45, 7) is 4.97. The van der Waals surface area contributed by atoms with Crippen LogP contribution in [-0.4, -0.2) is 44.7 Å². The molecule has 3 aromatic rings. The number of aryl methyl sites for hydroxylation is 1. The van der Waals surface area contributed by atoms with Crippen LogP contribution in [0.1, 0.15) is 35.7 Å². The first-order valence-corrected chi connectivity index (χ1v) is 9.24. The lowest BCUT2D eigenvalue weighted by molar-refractivity contribution is 0.197. The van der Waals surface area contributed by atoms with Crippen LogP contribution >= 0.6 is 11.6 Å². The molecule has 6 nitrogen and oxygen atoms in total. The molecule has 1 saturated heterocycles. The number of halogens is 1. The van der Waals surface area contributed by atoms with Gasteiger partial charge in [0, 0.05) is 24.7 Å². The summed E-state index contributed by atoms with van der Waals surface area (Å²) in [5.74, 6) is 1.82. The SMILES string of the molecule is COc1ccc(CN2CCCC(c3cc(C)nc4ncnn34)C2)cc1Cl. The molecule has 2 aromatic heterocycles. The Labute approximate surface area is 157 Å². The van der Waals surface area contributed by atoms with E-state index in [4.69, 9.17) is 16.3 Å². The van der Waals surface area contributed by atoms with Crippen molar-refractivity contribution in [3.05, 3.63) is 52.6 Å². The molecular formula is C19H22ClN5O. The van der Waals surface area contributed by atoms with Crippen molar-refractivity contribution in [1.29, 1.82) is 0 Å². The smallest absolute Gasteiger partial charge is 0.252 e. The number of hydrogen-bond donors (Lipinski definition) is 0. The normalized spacial score (nSPS) is 18.3. The summed E-state index contributed by atoms with van der Waals surface area (Å²) in [4.78, 5) is 11.2. The summed E-state index contributed by atoms with van der Waals surface area (Å²) in [5, 5.41) is 5.03. The number of methoxy groups -OCH3 is 1. The molecule has 7 heteroatoms. The minimum atomic E-state index is 0.420. The Morgan fingerprint density at radius 2 is 2.19 bits per heavy atom. The van der Waals surface area contributed by atoms with Gasteiger partial charge < -0.3 is 4.74 Å². The summed E-state index contributed by atoms with van der Waals surface area (Å²) < 4.78 is 7.12. The van der Waals surface area contributed by atoms with Gasteiger partial charge in [0.25, 0.3) is 5.78 Å². The molecule has 0 spiro atoms. The van der Waals surface area contributed by atoms with E-state index in [0.29, 0.717) is 22.5 Å². The summed E-state index contributed by atoms with van der Waals surface area (Å²) >= 11 is 6.27. The Morgan fingerprint density at radius 1 is 1.31 bits per heavy atom. The number of aromatic nitrogens is 4. The molecule has 0 aliphatic carbocycles. The molecule has 3 heterocycles. The Kier molecular flexibility index (Phi) is 4.78. The number of hydrogen-bond acceptors (Lipinski definition) is 5. The molecule has 4 rings (SSSR count). The van der Waals surface area contributed by atoms with Crippen molar-refractivity contribution in [1.82, 2.24) is 24.5 Å². The highest BCUT2D eigenvalue weighted by atomic mass is 35.5. The fraction of sp³-hybridized carbons (Fsp3) is 0.421. The molecule has 1 unspecified atom stereocenters.